The van der Waals surface area contributed by atoms with Crippen molar-refractivity contribution in [1.82, 2.24) is 0 Å². The van der Waals surface area contributed by atoms with Crippen LogP contribution >= 0.6 is 11.6 Å². The van der Waals surface area contributed by atoms with Gasteiger partial charge in [0, 0.05) is 23.3 Å². The summed E-state index contributed by atoms with van der Waals surface area (Å²) in [6.07, 6.45) is -1.21. The Hall–Kier alpha value is -2.21. The number of ether oxygens (including phenoxy) is 1. The fourth-order valence-corrected chi connectivity index (χ4v) is 7.39. The lowest BCUT2D eigenvalue weighted by Gasteiger charge is -2.51. The molecular formula is C21H18ClF2NO4S. The first kappa shape index (κ1) is 21.0. The molecule has 4 rings (SSSR count). The number of hydrogen-bond donors (Lipinski definition) is 1. The standard InChI is InChI=1S/C21H18ClF2NO4S/c22-12-1-3-13(4-2-12)30(27,28)21-9-7-18(26)14(8-10-25)15(21)11-29-20-17(24)6-5-16(23)19(20)21/h1-6,14-15,18,26H,7-9,11H2/t14-,15-,18+,21-/m1/s1. The smallest absolute Gasteiger partial charge is 0.188 e. The molecule has 1 saturated carbocycles. The van der Waals surface area contributed by atoms with Gasteiger partial charge in [0.15, 0.2) is 21.4 Å². The summed E-state index contributed by atoms with van der Waals surface area (Å²) in [5.41, 5.74) is -0.372. The van der Waals surface area contributed by atoms with Crippen molar-refractivity contribution in [3.05, 3.63) is 58.6 Å². The molecule has 2 aliphatic rings. The summed E-state index contributed by atoms with van der Waals surface area (Å²) in [5.74, 6) is -3.91. The number of fused-ring (bicyclic) bond motifs is 3. The number of nitrogens with zero attached hydrogens (tertiary/aromatic N) is 1. The second-order valence-corrected chi connectivity index (χ2v) is 10.3. The molecule has 0 amide bonds. The van der Waals surface area contributed by atoms with E-state index < -0.39 is 49.9 Å². The van der Waals surface area contributed by atoms with E-state index >= 15 is 4.39 Å². The molecule has 30 heavy (non-hydrogen) atoms. The lowest BCUT2D eigenvalue weighted by atomic mass is 9.65. The summed E-state index contributed by atoms with van der Waals surface area (Å²) >= 11 is 5.90. The molecule has 1 fully saturated rings. The first-order valence-corrected chi connectivity index (χ1v) is 11.3. The number of aliphatic hydroxyl groups is 1. The van der Waals surface area contributed by atoms with Crippen LogP contribution in [0.25, 0.3) is 0 Å². The Kier molecular flexibility index (Phi) is 5.25. The summed E-state index contributed by atoms with van der Waals surface area (Å²) in [5, 5.41) is 20.1. The Morgan fingerprint density at radius 3 is 2.53 bits per heavy atom. The van der Waals surface area contributed by atoms with Crippen molar-refractivity contribution in [3.8, 4) is 11.8 Å². The molecule has 5 nitrogen and oxygen atoms in total. The molecule has 1 aliphatic heterocycles. The van der Waals surface area contributed by atoms with Crippen molar-refractivity contribution >= 4 is 21.4 Å². The number of halogens is 3. The number of aliphatic hydroxyl groups excluding tert-OH is 1. The largest absolute Gasteiger partial charge is 0.490 e. The summed E-state index contributed by atoms with van der Waals surface area (Å²) in [6.45, 7) is -0.260. The zero-order valence-electron chi connectivity index (χ0n) is 15.7. The van der Waals surface area contributed by atoms with Gasteiger partial charge in [-0.25, -0.2) is 17.2 Å². The Bertz CT molecular complexity index is 1130. The van der Waals surface area contributed by atoms with E-state index in [1.54, 1.807) is 0 Å². The van der Waals surface area contributed by atoms with E-state index in [-0.39, 0.29) is 36.3 Å². The SMILES string of the molecule is N#CC[C@@H]1[C@H]2COc3c(F)ccc(F)c3[C@@]2(S(=O)(=O)c2ccc(Cl)cc2)CC[C@@H]1O. The number of nitriles is 1. The van der Waals surface area contributed by atoms with Crippen LogP contribution in [0.1, 0.15) is 24.8 Å². The number of rotatable bonds is 3. The quantitative estimate of drug-likeness (QED) is 0.759. The maximum atomic E-state index is 15.1. The maximum absolute atomic E-state index is 15.1. The van der Waals surface area contributed by atoms with E-state index in [1.165, 1.54) is 24.3 Å². The summed E-state index contributed by atoms with van der Waals surface area (Å²) in [6, 6.07) is 9.20. The normalized spacial score (nSPS) is 28.0. The molecule has 0 spiro atoms. The lowest BCUT2D eigenvalue weighted by Crippen LogP contribution is -2.57. The first-order valence-electron chi connectivity index (χ1n) is 9.40. The van der Waals surface area contributed by atoms with Gasteiger partial charge in [0.05, 0.1) is 29.2 Å². The van der Waals surface area contributed by atoms with Crippen LogP contribution in [0.2, 0.25) is 5.02 Å². The van der Waals surface area contributed by atoms with E-state index in [2.05, 4.69) is 0 Å². The van der Waals surface area contributed by atoms with Crippen LogP contribution in [0.15, 0.2) is 41.3 Å². The highest BCUT2D eigenvalue weighted by molar-refractivity contribution is 7.92. The number of benzene rings is 2. The first-order chi connectivity index (χ1) is 14.2. The highest BCUT2D eigenvalue weighted by atomic mass is 35.5. The van der Waals surface area contributed by atoms with Crippen LogP contribution in [0.3, 0.4) is 0 Å². The molecule has 0 unspecified atom stereocenters. The van der Waals surface area contributed by atoms with Crippen molar-refractivity contribution < 1.29 is 27.0 Å². The molecule has 0 saturated heterocycles. The Labute approximate surface area is 177 Å². The van der Waals surface area contributed by atoms with Crippen LogP contribution in [-0.4, -0.2) is 26.2 Å². The topological polar surface area (TPSA) is 87.4 Å². The van der Waals surface area contributed by atoms with Crippen LogP contribution in [0.5, 0.6) is 5.75 Å². The maximum Gasteiger partial charge on any atom is 0.188 e. The summed E-state index contributed by atoms with van der Waals surface area (Å²) in [7, 11) is -4.29. The van der Waals surface area contributed by atoms with E-state index in [1.807, 2.05) is 6.07 Å². The molecule has 2 aromatic rings. The fraction of sp³-hybridized carbons (Fsp3) is 0.381. The highest BCUT2D eigenvalue weighted by Crippen LogP contribution is 2.58. The summed E-state index contributed by atoms with van der Waals surface area (Å²) in [4.78, 5) is -0.0968. The Morgan fingerprint density at radius 2 is 1.87 bits per heavy atom. The van der Waals surface area contributed by atoms with Gasteiger partial charge in [-0.3, -0.25) is 0 Å². The van der Waals surface area contributed by atoms with Crippen LogP contribution in [0.4, 0.5) is 8.78 Å². The summed E-state index contributed by atoms with van der Waals surface area (Å²) < 4.78 is 61.2. The minimum Gasteiger partial charge on any atom is -0.490 e. The number of sulfone groups is 1. The van der Waals surface area contributed by atoms with Gasteiger partial charge in [0.2, 0.25) is 0 Å². The third kappa shape index (κ3) is 2.91. The molecule has 9 heteroatoms. The molecule has 0 aromatic heterocycles. The van der Waals surface area contributed by atoms with Crippen LogP contribution < -0.4 is 4.74 Å². The monoisotopic (exact) mass is 453 g/mol. The molecule has 1 N–H and O–H groups in total. The van der Waals surface area contributed by atoms with Gasteiger partial charge >= 0.3 is 0 Å². The van der Waals surface area contributed by atoms with Crippen molar-refractivity contribution in [3.63, 3.8) is 0 Å². The highest BCUT2D eigenvalue weighted by Gasteiger charge is 2.62. The van der Waals surface area contributed by atoms with E-state index in [4.69, 9.17) is 16.3 Å². The zero-order chi connectivity index (χ0) is 21.7. The molecule has 0 bridgehead atoms. The zero-order valence-corrected chi connectivity index (χ0v) is 17.3. The average Bonchev–Trinajstić information content (AvgIpc) is 2.72. The molecule has 2 aromatic carbocycles. The van der Waals surface area contributed by atoms with Gasteiger partial charge in [-0.2, -0.15) is 5.26 Å². The van der Waals surface area contributed by atoms with Crippen molar-refractivity contribution in [2.45, 2.75) is 35.0 Å². The van der Waals surface area contributed by atoms with Crippen molar-refractivity contribution in [1.29, 1.82) is 5.26 Å². The van der Waals surface area contributed by atoms with E-state index in [0.717, 1.165) is 12.1 Å². The molecule has 1 aliphatic carbocycles. The van der Waals surface area contributed by atoms with Gasteiger partial charge in [-0.1, -0.05) is 11.6 Å². The van der Waals surface area contributed by atoms with Gasteiger partial charge in [0.1, 0.15) is 10.6 Å². The third-order valence-electron chi connectivity index (χ3n) is 6.24. The van der Waals surface area contributed by atoms with Crippen LogP contribution in [0, 0.1) is 34.8 Å². The third-order valence-corrected chi connectivity index (χ3v) is 9.06. The lowest BCUT2D eigenvalue weighted by molar-refractivity contribution is -0.0182. The predicted octanol–water partition coefficient (Wildman–Crippen LogP) is 3.98. The average molecular weight is 454 g/mol. The van der Waals surface area contributed by atoms with Gasteiger partial charge < -0.3 is 9.84 Å². The minimum absolute atomic E-state index is 0.0189. The molecular weight excluding hydrogens is 436 g/mol. The van der Waals surface area contributed by atoms with Gasteiger partial charge in [0.25, 0.3) is 0 Å². The second-order valence-electron chi connectivity index (χ2n) is 7.63. The van der Waals surface area contributed by atoms with Gasteiger partial charge in [-0.15, -0.1) is 0 Å². The van der Waals surface area contributed by atoms with E-state index in [9.17, 15) is 23.2 Å². The molecule has 158 valence electrons. The molecule has 1 heterocycles. The molecule has 0 radical (unpaired) electrons. The van der Waals surface area contributed by atoms with Crippen molar-refractivity contribution in [2.24, 2.45) is 11.8 Å². The minimum atomic E-state index is -4.29. The Morgan fingerprint density at radius 1 is 1.20 bits per heavy atom. The van der Waals surface area contributed by atoms with E-state index in [0.29, 0.717) is 5.02 Å². The van der Waals surface area contributed by atoms with Crippen LogP contribution in [-0.2, 0) is 14.6 Å². The van der Waals surface area contributed by atoms with Gasteiger partial charge in [-0.05, 0) is 49.2 Å². The van der Waals surface area contributed by atoms with Crippen molar-refractivity contribution in [2.75, 3.05) is 6.61 Å². The Balaban J connectivity index is 2.04. The fourth-order valence-electron chi connectivity index (χ4n) is 4.86. The number of hydrogen-bond acceptors (Lipinski definition) is 5. The predicted molar refractivity (Wildman–Crippen MR) is 105 cm³/mol. The second kappa shape index (κ2) is 7.49. The molecule has 4 atom stereocenters.